The Morgan fingerprint density at radius 3 is 2.50 bits per heavy atom. The highest BCUT2D eigenvalue weighted by atomic mass is 127. The molecule has 0 radical (unpaired) electrons. The fraction of sp³-hybridized carbons (Fsp3) is 0.231. The van der Waals surface area contributed by atoms with E-state index in [2.05, 4.69) is 32.6 Å². The molecule has 0 bridgehead atoms. The van der Waals surface area contributed by atoms with Gasteiger partial charge in [0.25, 0.3) is 0 Å². The van der Waals surface area contributed by atoms with Gasteiger partial charge >= 0.3 is 0 Å². The van der Waals surface area contributed by atoms with E-state index in [9.17, 15) is 0 Å². The molecule has 0 unspecified atom stereocenters. The lowest BCUT2D eigenvalue weighted by Crippen LogP contribution is -1.98. The van der Waals surface area contributed by atoms with Gasteiger partial charge in [-0.2, -0.15) is 0 Å². The zero-order chi connectivity index (χ0) is 13.3. The molecule has 1 aromatic carbocycles. The predicted octanol–water partition coefficient (Wildman–Crippen LogP) is 5.00. The molecule has 0 atom stereocenters. The van der Waals surface area contributed by atoms with Crippen molar-refractivity contribution in [3.05, 3.63) is 45.2 Å². The second kappa shape index (κ2) is 5.72. The first-order chi connectivity index (χ1) is 8.52. The normalized spacial score (nSPS) is 10.7. The maximum Gasteiger partial charge on any atom is 0.161 e. The van der Waals surface area contributed by atoms with E-state index in [1.807, 2.05) is 32.0 Å². The van der Waals surface area contributed by atoms with Gasteiger partial charge in [-0.3, -0.25) is 0 Å². The fourth-order valence-electron chi connectivity index (χ4n) is 1.61. The van der Waals surface area contributed by atoms with E-state index < -0.39 is 0 Å². The van der Waals surface area contributed by atoms with Crippen molar-refractivity contribution in [1.82, 2.24) is 9.97 Å². The molecule has 5 heteroatoms. The van der Waals surface area contributed by atoms with E-state index in [1.54, 1.807) is 0 Å². The van der Waals surface area contributed by atoms with Crippen molar-refractivity contribution in [3.63, 3.8) is 0 Å². The summed E-state index contributed by atoms with van der Waals surface area (Å²) in [5.41, 5.74) is 3.92. The van der Waals surface area contributed by atoms with Crippen LogP contribution >= 0.6 is 45.8 Å². The summed E-state index contributed by atoms with van der Waals surface area (Å²) in [5.74, 6) is 0.659. The van der Waals surface area contributed by atoms with Crippen molar-refractivity contribution in [2.45, 2.75) is 18.3 Å². The van der Waals surface area contributed by atoms with E-state index in [0.717, 1.165) is 31.8 Å². The monoisotopic (exact) mass is 392 g/mol. The molecule has 94 valence electrons. The Balaban J connectivity index is 2.62. The van der Waals surface area contributed by atoms with Crippen LogP contribution < -0.4 is 0 Å². The largest absolute Gasteiger partial charge is 0.233 e. The highest BCUT2D eigenvalue weighted by Crippen LogP contribution is 2.28. The molecule has 1 aromatic heterocycles. The molecule has 1 heterocycles. The van der Waals surface area contributed by atoms with Crippen LogP contribution in [0.3, 0.4) is 0 Å². The Bertz CT molecular complexity index is 577. The molecular formula is C13H11Cl2IN2. The molecule has 0 saturated carbocycles. The van der Waals surface area contributed by atoms with Crippen LogP contribution in [0.1, 0.15) is 16.8 Å². The first kappa shape index (κ1) is 14.0. The number of aromatic nitrogens is 2. The summed E-state index contributed by atoms with van der Waals surface area (Å²) in [6.45, 7) is 3.86. The van der Waals surface area contributed by atoms with Gasteiger partial charge in [-0.05, 0) is 37.6 Å². The average Bonchev–Trinajstić information content (AvgIpc) is 2.35. The minimum absolute atomic E-state index is 0.506. The van der Waals surface area contributed by atoms with Crippen molar-refractivity contribution < 1.29 is 0 Å². The number of rotatable bonds is 2. The third-order valence-corrected chi connectivity index (χ3v) is 4.21. The molecule has 2 aromatic rings. The lowest BCUT2D eigenvalue weighted by Gasteiger charge is -2.09. The molecule has 0 N–H and O–H groups in total. The summed E-state index contributed by atoms with van der Waals surface area (Å²) in [5, 5.41) is 1.23. The SMILES string of the molecule is Cc1nc(-c2ccc(Cl)cc2CI)nc(Cl)c1C. The van der Waals surface area contributed by atoms with Crippen molar-refractivity contribution >= 4 is 45.8 Å². The average molecular weight is 393 g/mol. The number of hydrogen-bond donors (Lipinski definition) is 0. The quantitative estimate of drug-likeness (QED) is 0.408. The van der Waals surface area contributed by atoms with E-state index in [4.69, 9.17) is 23.2 Å². The number of nitrogens with zero attached hydrogens (tertiary/aromatic N) is 2. The molecule has 2 rings (SSSR count). The highest BCUT2D eigenvalue weighted by Gasteiger charge is 2.11. The molecule has 2 nitrogen and oxygen atoms in total. The van der Waals surface area contributed by atoms with Crippen molar-refractivity contribution in [2.75, 3.05) is 0 Å². The minimum Gasteiger partial charge on any atom is -0.233 e. The van der Waals surface area contributed by atoms with Gasteiger partial charge in [0.2, 0.25) is 0 Å². The fourth-order valence-corrected chi connectivity index (χ4v) is 2.65. The lowest BCUT2D eigenvalue weighted by atomic mass is 10.1. The molecule has 18 heavy (non-hydrogen) atoms. The van der Waals surface area contributed by atoms with Gasteiger partial charge in [0, 0.05) is 26.3 Å². The highest BCUT2D eigenvalue weighted by molar-refractivity contribution is 14.1. The van der Waals surface area contributed by atoms with Crippen LogP contribution in [-0.4, -0.2) is 9.97 Å². The van der Waals surface area contributed by atoms with Crippen molar-refractivity contribution in [2.24, 2.45) is 0 Å². The van der Waals surface area contributed by atoms with Gasteiger partial charge in [0.15, 0.2) is 5.82 Å². The summed E-state index contributed by atoms with van der Waals surface area (Å²) < 4.78 is 0.849. The van der Waals surface area contributed by atoms with Crippen LogP contribution in [0.15, 0.2) is 18.2 Å². The summed E-state index contributed by atoms with van der Waals surface area (Å²) in [6.07, 6.45) is 0. The second-order valence-corrected chi connectivity index (χ2v) is 5.54. The van der Waals surface area contributed by atoms with Gasteiger partial charge in [-0.15, -0.1) is 0 Å². The standard InChI is InChI=1S/C13H11Cl2IN2/c1-7-8(2)17-13(18-12(7)15)11-4-3-10(14)5-9(11)6-16/h3-5H,6H2,1-2H3. The van der Waals surface area contributed by atoms with E-state index in [1.165, 1.54) is 0 Å². The topological polar surface area (TPSA) is 25.8 Å². The van der Waals surface area contributed by atoms with Gasteiger partial charge in [0.1, 0.15) is 5.15 Å². The Kier molecular flexibility index (Phi) is 4.45. The summed E-state index contributed by atoms with van der Waals surface area (Å²) in [7, 11) is 0. The number of aryl methyl sites for hydroxylation is 1. The second-order valence-electron chi connectivity index (χ2n) is 3.98. The predicted molar refractivity (Wildman–Crippen MR) is 84.7 cm³/mol. The maximum absolute atomic E-state index is 6.12. The molecule has 0 fully saturated rings. The van der Waals surface area contributed by atoms with Crippen LogP contribution in [0.25, 0.3) is 11.4 Å². The Morgan fingerprint density at radius 2 is 1.89 bits per heavy atom. The number of hydrogen-bond acceptors (Lipinski definition) is 2. The minimum atomic E-state index is 0.506. The number of alkyl halides is 1. The Morgan fingerprint density at radius 1 is 1.17 bits per heavy atom. The van der Waals surface area contributed by atoms with Crippen LogP contribution in [0.5, 0.6) is 0 Å². The Labute approximate surface area is 130 Å². The summed E-state index contributed by atoms with van der Waals surface area (Å²) in [6, 6.07) is 5.73. The van der Waals surface area contributed by atoms with Crippen LogP contribution in [0, 0.1) is 13.8 Å². The lowest BCUT2D eigenvalue weighted by molar-refractivity contribution is 1.07. The molecule has 0 aliphatic carbocycles. The van der Waals surface area contributed by atoms with Gasteiger partial charge in [0.05, 0.1) is 0 Å². The smallest absolute Gasteiger partial charge is 0.161 e. The maximum atomic E-state index is 6.12. The van der Waals surface area contributed by atoms with Crippen molar-refractivity contribution in [1.29, 1.82) is 0 Å². The van der Waals surface area contributed by atoms with E-state index in [-0.39, 0.29) is 0 Å². The van der Waals surface area contributed by atoms with Gasteiger partial charge in [-0.25, -0.2) is 9.97 Å². The molecule has 0 aliphatic heterocycles. The summed E-state index contributed by atoms with van der Waals surface area (Å²) in [4.78, 5) is 8.85. The molecule has 0 aliphatic rings. The van der Waals surface area contributed by atoms with Crippen LogP contribution in [-0.2, 0) is 4.43 Å². The zero-order valence-electron chi connectivity index (χ0n) is 9.97. The van der Waals surface area contributed by atoms with Crippen LogP contribution in [0.2, 0.25) is 10.2 Å². The first-order valence-electron chi connectivity index (χ1n) is 5.38. The number of halogens is 3. The molecule has 0 amide bonds. The molecule has 0 spiro atoms. The molecule has 0 saturated heterocycles. The van der Waals surface area contributed by atoms with Gasteiger partial charge in [-0.1, -0.05) is 45.8 Å². The number of benzene rings is 1. The van der Waals surface area contributed by atoms with E-state index >= 15 is 0 Å². The third-order valence-electron chi connectivity index (χ3n) is 2.78. The van der Waals surface area contributed by atoms with Gasteiger partial charge < -0.3 is 0 Å². The summed E-state index contributed by atoms with van der Waals surface area (Å²) >= 11 is 14.4. The van der Waals surface area contributed by atoms with Crippen LogP contribution in [0.4, 0.5) is 0 Å². The first-order valence-corrected chi connectivity index (χ1v) is 7.66. The third kappa shape index (κ3) is 2.78. The molecular weight excluding hydrogens is 382 g/mol. The Hall–Kier alpha value is -0.390. The van der Waals surface area contributed by atoms with Crippen molar-refractivity contribution in [3.8, 4) is 11.4 Å². The zero-order valence-corrected chi connectivity index (χ0v) is 13.6. The van der Waals surface area contributed by atoms with E-state index in [0.29, 0.717) is 11.0 Å².